The molecule has 0 spiro atoms. The lowest BCUT2D eigenvalue weighted by atomic mass is 10.2. The van der Waals surface area contributed by atoms with Gasteiger partial charge in [0.2, 0.25) is 11.8 Å². The minimum absolute atomic E-state index is 0.134. The molecule has 0 bridgehead atoms. The van der Waals surface area contributed by atoms with Crippen LogP contribution in [0, 0.1) is 0 Å². The van der Waals surface area contributed by atoms with Gasteiger partial charge in [0.25, 0.3) is 0 Å². The number of rotatable bonds is 8. The Hall–Kier alpha value is -3.22. The second-order valence-corrected chi connectivity index (χ2v) is 5.55. The fraction of sp³-hybridized carbons (Fsp3) is 0.263. The summed E-state index contributed by atoms with van der Waals surface area (Å²) in [5.74, 6) is 1.05. The molecule has 0 aliphatic heterocycles. The summed E-state index contributed by atoms with van der Waals surface area (Å²) in [5.41, 5.74) is 2.05. The maximum atomic E-state index is 12.1. The van der Waals surface area contributed by atoms with Crippen molar-refractivity contribution < 1.29 is 19.1 Å². The predicted octanol–water partition coefficient (Wildman–Crippen LogP) is 3.10. The predicted molar refractivity (Wildman–Crippen MR) is 102 cm³/mol. The number of benzene rings is 2. The Balaban J connectivity index is 1.87. The molecule has 3 N–H and O–H groups in total. The van der Waals surface area contributed by atoms with E-state index in [2.05, 4.69) is 16.0 Å². The molecule has 0 fully saturated rings. The molecule has 2 aromatic rings. The molecule has 0 aliphatic rings. The minimum atomic E-state index is -0.161. The number of ether oxygens (including phenoxy) is 2. The van der Waals surface area contributed by atoms with Crippen molar-refractivity contribution in [3.63, 3.8) is 0 Å². The molecule has 0 heterocycles. The number of nitrogens with one attached hydrogen (secondary N) is 3. The molecular weight excluding hydrogens is 334 g/mol. The molecule has 0 unspecified atom stereocenters. The van der Waals surface area contributed by atoms with E-state index in [1.165, 1.54) is 6.92 Å². The van der Waals surface area contributed by atoms with Gasteiger partial charge in [0.15, 0.2) is 0 Å². The van der Waals surface area contributed by atoms with Crippen LogP contribution in [-0.4, -0.2) is 32.6 Å². The summed E-state index contributed by atoms with van der Waals surface area (Å²) in [4.78, 5) is 23.2. The van der Waals surface area contributed by atoms with E-state index in [4.69, 9.17) is 9.47 Å². The largest absolute Gasteiger partial charge is 0.497 e. The number of anilines is 3. The molecule has 7 nitrogen and oxygen atoms in total. The number of methoxy groups -OCH3 is 2. The lowest BCUT2D eigenvalue weighted by Gasteiger charge is -2.12. The Morgan fingerprint density at radius 2 is 1.69 bits per heavy atom. The highest BCUT2D eigenvalue weighted by molar-refractivity contribution is 5.93. The Morgan fingerprint density at radius 3 is 2.35 bits per heavy atom. The van der Waals surface area contributed by atoms with Crippen LogP contribution >= 0.6 is 0 Å². The highest BCUT2D eigenvalue weighted by atomic mass is 16.5. The molecule has 0 saturated carbocycles. The fourth-order valence-electron chi connectivity index (χ4n) is 2.36. The van der Waals surface area contributed by atoms with E-state index in [1.54, 1.807) is 44.6 Å². The van der Waals surface area contributed by atoms with Crippen LogP contribution < -0.4 is 25.4 Å². The number of amides is 2. The molecule has 7 heteroatoms. The second-order valence-electron chi connectivity index (χ2n) is 5.55. The number of hydrogen-bond donors (Lipinski definition) is 3. The third kappa shape index (κ3) is 5.70. The van der Waals surface area contributed by atoms with Crippen LogP contribution in [0.4, 0.5) is 17.1 Å². The Morgan fingerprint density at radius 1 is 0.962 bits per heavy atom. The first kappa shape index (κ1) is 19.1. The molecule has 0 aliphatic carbocycles. The Bertz CT molecular complexity index is 777. The van der Waals surface area contributed by atoms with Crippen LogP contribution in [0.3, 0.4) is 0 Å². The smallest absolute Gasteiger partial charge is 0.226 e. The van der Waals surface area contributed by atoms with E-state index in [-0.39, 0.29) is 18.2 Å². The number of carbonyl (C=O) groups is 2. The van der Waals surface area contributed by atoms with Crippen LogP contribution in [0.2, 0.25) is 0 Å². The quantitative estimate of drug-likeness (QED) is 0.676. The van der Waals surface area contributed by atoms with Crippen molar-refractivity contribution >= 4 is 28.9 Å². The maximum absolute atomic E-state index is 12.1. The zero-order chi connectivity index (χ0) is 18.9. The Kier molecular flexibility index (Phi) is 6.84. The van der Waals surface area contributed by atoms with E-state index < -0.39 is 0 Å². The minimum Gasteiger partial charge on any atom is -0.497 e. The number of carbonyl (C=O) groups excluding carboxylic acids is 2. The SMILES string of the molecule is COc1ccc(NCCC(=O)Nc2cccc(NC(C)=O)c2)c(OC)c1. The molecule has 0 atom stereocenters. The van der Waals surface area contributed by atoms with Crippen molar-refractivity contribution in [2.45, 2.75) is 13.3 Å². The lowest BCUT2D eigenvalue weighted by Crippen LogP contribution is -2.16. The average Bonchev–Trinajstić information content (AvgIpc) is 2.61. The van der Waals surface area contributed by atoms with Crippen molar-refractivity contribution in [3.05, 3.63) is 42.5 Å². The van der Waals surface area contributed by atoms with Gasteiger partial charge in [0, 0.05) is 37.3 Å². The van der Waals surface area contributed by atoms with Crippen LogP contribution in [0.25, 0.3) is 0 Å². The monoisotopic (exact) mass is 357 g/mol. The summed E-state index contributed by atoms with van der Waals surface area (Å²) < 4.78 is 10.5. The van der Waals surface area contributed by atoms with Gasteiger partial charge in [-0.2, -0.15) is 0 Å². The van der Waals surface area contributed by atoms with Gasteiger partial charge in [-0.15, -0.1) is 0 Å². The first-order valence-corrected chi connectivity index (χ1v) is 8.15. The summed E-state index contributed by atoms with van der Waals surface area (Å²) in [6.07, 6.45) is 0.277. The van der Waals surface area contributed by atoms with E-state index in [9.17, 15) is 9.59 Å². The summed E-state index contributed by atoms with van der Waals surface area (Å²) in [6.45, 7) is 1.88. The average molecular weight is 357 g/mol. The molecule has 0 aromatic heterocycles. The molecule has 0 radical (unpaired) electrons. The summed E-state index contributed by atoms with van der Waals surface area (Å²) >= 11 is 0. The van der Waals surface area contributed by atoms with Gasteiger partial charge in [-0.05, 0) is 30.3 Å². The van der Waals surface area contributed by atoms with Crippen molar-refractivity contribution in [1.29, 1.82) is 0 Å². The number of hydrogen-bond acceptors (Lipinski definition) is 5. The first-order chi connectivity index (χ1) is 12.5. The van der Waals surface area contributed by atoms with Gasteiger partial charge in [0.1, 0.15) is 11.5 Å². The normalized spacial score (nSPS) is 9.96. The topological polar surface area (TPSA) is 88.7 Å². The van der Waals surface area contributed by atoms with Gasteiger partial charge in [-0.25, -0.2) is 0 Å². The lowest BCUT2D eigenvalue weighted by molar-refractivity contribution is -0.116. The van der Waals surface area contributed by atoms with Crippen molar-refractivity contribution in [3.8, 4) is 11.5 Å². The van der Waals surface area contributed by atoms with Crippen LogP contribution in [0.5, 0.6) is 11.5 Å². The van der Waals surface area contributed by atoms with Gasteiger partial charge in [-0.3, -0.25) is 9.59 Å². The second kappa shape index (κ2) is 9.31. The van der Waals surface area contributed by atoms with E-state index >= 15 is 0 Å². The van der Waals surface area contributed by atoms with E-state index in [0.29, 0.717) is 29.4 Å². The zero-order valence-electron chi connectivity index (χ0n) is 15.1. The standard InChI is InChI=1S/C19H23N3O4/c1-13(23)21-14-5-4-6-15(11-14)22-19(24)9-10-20-17-8-7-16(25-2)12-18(17)26-3/h4-8,11-12,20H,9-10H2,1-3H3,(H,21,23)(H,22,24). The van der Waals surface area contributed by atoms with Crippen molar-refractivity contribution in [1.82, 2.24) is 0 Å². The van der Waals surface area contributed by atoms with Crippen LogP contribution in [0.1, 0.15) is 13.3 Å². The van der Waals surface area contributed by atoms with E-state index in [0.717, 1.165) is 5.69 Å². The molecule has 138 valence electrons. The van der Waals surface area contributed by atoms with Gasteiger partial charge in [0.05, 0.1) is 19.9 Å². The van der Waals surface area contributed by atoms with Crippen LogP contribution in [-0.2, 0) is 9.59 Å². The third-order valence-electron chi connectivity index (χ3n) is 3.54. The zero-order valence-corrected chi connectivity index (χ0v) is 15.1. The molecule has 2 rings (SSSR count). The van der Waals surface area contributed by atoms with Gasteiger partial charge in [-0.1, -0.05) is 6.07 Å². The van der Waals surface area contributed by atoms with Crippen molar-refractivity contribution in [2.24, 2.45) is 0 Å². The maximum Gasteiger partial charge on any atom is 0.226 e. The molecule has 2 amide bonds. The van der Waals surface area contributed by atoms with Gasteiger partial charge >= 0.3 is 0 Å². The highest BCUT2D eigenvalue weighted by Gasteiger charge is 2.07. The molecular formula is C19H23N3O4. The molecule has 0 saturated heterocycles. The highest BCUT2D eigenvalue weighted by Crippen LogP contribution is 2.28. The Labute approximate surface area is 152 Å². The third-order valence-corrected chi connectivity index (χ3v) is 3.54. The first-order valence-electron chi connectivity index (χ1n) is 8.15. The summed E-state index contributed by atoms with van der Waals surface area (Å²) in [5, 5.41) is 8.66. The van der Waals surface area contributed by atoms with Gasteiger partial charge < -0.3 is 25.4 Å². The fourth-order valence-corrected chi connectivity index (χ4v) is 2.36. The summed E-state index contributed by atoms with van der Waals surface area (Å²) in [7, 11) is 3.17. The molecule has 26 heavy (non-hydrogen) atoms. The summed E-state index contributed by atoms with van der Waals surface area (Å²) in [6, 6.07) is 12.4. The van der Waals surface area contributed by atoms with Crippen molar-refractivity contribution in [2.75, 3.05) is 36.7 Å². The van der Waals surface area contributed by atoms with Crippen LogP contribution in [0.15, 0.2) is 42.5 Å². The van der Waals surface area contributed by atoms with E-state index in [1.807, 2.05) is 12.1 Å². The molecule has 2 aromatic carbocycles.